The van der Waals surface area contributed by atoms with E-state index in [0.29, 0.717) is 0 Å². The van der Waals surface area contributed by atoms with Crippen molar-refractivity contribution < 1.29 is 12.8 Å². The van der Waals surface area contributed by atoms with E-state index < -0.39 is 15.8 Å². The van der Waals surface area contributed by atoms with E-state index in [9.17, 15) is 12.8 Å². The molecule has 2 rings (SSSR count). The lowest BCUT2D eigenvalue weighted by atomic mass is 10.3. The number of nitrogens with zero attached hydrogens (tertiary/aromatic N) is 1. The zero-order valence-electron chi connectivity index (χ0n) is 9.47. The fraction of sp³-hybridized carbons (Fsp3) is 0. The summed E-state index contributed by atoms with van der Waals surface area (Å²) in [5.41, 5.74) is 5.22. The number of rotatable bonds is 3. The number of nitrogens with two attached hydrogens (primary N) is 1. The first-order chi connectivity index (χ1) is 8.90. The van der Waals surface area contributed by atoms with Crippen LogP contribution in [0.2, 0.25) is 5.02 Å². The van der Waals surface area contributed by atoms with Crippen LogP contribution in [-0.2, 0) is 10.0 Å². The first-order valence-corrected chi connectivity index (χ1v) is 6.94. The third-order valence-electron chi connectivity index (χ3n) is 2.26. The number of halogens is 2. The predicted octanol–water partition coefficient (Wildman–Crippen LogP) is 2.26. The molecule has 0 aliphatic carbocycles. The summed E-state index contributed by atoms with van der Waals surface area (Å²) in [5.74, 6) is -0.909. The maximum atomic E-state index is 13.5. The summed E-state index contributed by atoms with van der Waals surface area (Å²) < 4.78 is 39.7. The van der Waals surface area contributed by atoms with Gasteiger partial charge in [-0.15, -0.1) is 0 Å². The molecule has 1 aromatic heterocycles. The Kier molecular flexibility index (Phi) is 3.59. The third kappa shape index (κ3) is 2.94. The summed E-state index contributed by atoms with van der Waals surface area (Å²) in [6, 6.07) is 6.23. The fourth-order valence-corrected chi connectivity index (χ4v) is 2.72. The molecular weight excluding hydrogens is 293 g/mol. The number of hydrogen-bond acceptors (Lipinski definition) is 4. The molecule has 1 heterocycles. The number of nitrogens with one attached hydrogen (secondary N) is 1. The molecule has 0 fully saturated rings. The molecule has 0 bridgehead atoms. The molecule has 8 heteroatoms. The van der Waals surface area contributed by atoms with Gasteiger partial charge >= 0.3 is 0 Å². The molecule has 0 radical (unpaired) electrons. The average Bonchev–Trinajstić information content (AvgIpc) is 2.34. The van der Waals surface area contributed by atoms with Crippen molar-refractivity contribution in [1.82, 2.24) is 4.98 Å². The van der Waals surface area contributed by atoms with Gasteiger partial charge < -0.3 is 5.73 Å². The average molecular weight is 302 g/mol. The molecule has 100 valence electrons. The minimum atomic E-state index is -4.02. The first kappa shape index (κ1) is 13.6. The highest BCUT2D eigenvalue weighted by molar-refractivity contribution is 7.92. The SMILES string of the molecule is Nc1ncccc1S(=O)(=O)Nc1cc(Cl)ccc1F. The summed E-state index contributed by atoms with van der Waals surface area (Å²) in [4.78, 5) is 3.44. The molecule has 0 aliphatic rings. The third-order valence-corrected chi connectivity index (χ3v) is 3.91. The van der Waals surface area contributed by atoms with Crippen molar-refractivity contribution in [3.63, 3.8) is 0 Å². The predicted molar refractivity (Wildman–Crippen MR) is 70.9 cm³/mol. The van der Waals surface area contributed by atoms with E-state index in [1.165, 1.54) is 30.5 Å². The first-order valence-electron chi connectivity index (χ1n) is 5.08. The van der Waals surface area contributed by atoms with Crippen molar-refractivity contribution in [2.75, 3.05) is 10.5 Å². The monoisotopic (exact) mass is 301 g/mol. The summed E-state index contributed by atoms with van der Waals surface area (Å²) >= 11 is 5.68. The van der Waals surface area contributed by atoms with Crippen LogP contribution in [0.5, 0.6) is 0 Å². The summed E-state index contributed by atoms with van der Waals surface area (Å²) in [6.45, 7) is 0. The highest BCUT2D eigenvalue weighted by Crippen LogP contribution is 2.24. The van der Waals surface area contributed by atoms with E-state index in [0.717, 1.165) is 6.07 Å². The number of anilines is 2. The van der Waals surface area contributed by atoms with Crippen molar-refractivity contribution in [1.29, 1.82) is 0 Å². The Morgan fingerprint density at radius 3 is 2.74 bits per heavy atom. The molecule has 3 N–H and O–H groups in total. The molecule has 0 amide bonds. The minimum Gasteiger partial charge on any atom is -0.383 e. The molecule has 0 aliphatic heterocycles. The zero-order chi connectivity index (χ0) is 14.0. The highest BCUT2D eigenvalue weighted by atomic mass is 35.5. The molecule has 0 spiro atoms. The topological polar surface area (TPSA) is 85.1 Å². The second-order valence-corrected chi connectivity index (χ2v) is 5.70. The molecule has 1 aromatic carbocycles. The van der Waals surface area contributed by atoms with E-state index in [4.69, 9.17) is 17.3 Å². The maximum absolute atomic E-state index is 13.5. The molecular formula is C11H9ClFN3O2S. The summed E-state index contributed by atoms with van der Waals surface area (Å²) in [5, 5.41) is 0.207. The van der Waals surface area contributed by atoms with Crippen LogP contribution >= 0.6 is 11.6 Å². The van der Waals surface area contributed by atoms with Crippen LogP contribution in [0.25, 0.3) is 0 Å². The van der Waals surface area contributed by atoms with Crippen LogP contribution in [0.3, 0.4) is 0 Å². The Labute approximate surface area is 114 Å². The molecule has 0 atom stereocenters. The zero-order valence-corrected chi connectivity index (χ0v) is 11.0. The Hall–Kier alpha value is -1.86. The number of nitrogen functional groups attached to an aromatic ring is 1. The van der Waals surface area contributed by atoms with Crippen LogP contribution in [0, 0.1) is 5.82 Å². The van der Waals surface area contributed by atoms with E-state index in [2.05, 4.69) is 9.71 Å². The lowest BCUT2D eigenvalue weighted by Crippen LogP contribution is -2.16. The largest absolute Gasteiger partial charge is 0.383 e. The number of aromatic nitrogens is 1. The number of hydrogen-bond donors (Lipinski definition) is 2. The van der Waals surface area contributed by atoms with E-state index in [-0.39, 0.29) is 21.4 Å². The van der Waals surface area contributed by atoms with Gasteiger partial charge in [0, 0.05) is 11.2 Å². The van der Waals surface area contributed by atoms with Crippen LogP contribution in [0.1, 0.15) is 0 Å². The van der Waals surface area contributed by atoms with Crippen molar-refractivity contribution in [2.45, 2.75) is 4.90 Å². The van der Waals surface area contributed by atoms with Crippen LogP contribution in [0.4, 0.5) is 15.9 Å². The smallest absolute Gasteiger partial charge is 0.265 e. The Morgan fingerprint density at radius 1 is 1.32 bits per heavy atom. The van der Waals surface area contributed by atoms with Gasteiger partial charge in [-0.3, -0.25) is 4.72 Å². The van der Waals surface area contributed by atoms with Crippen molar-refractivity contribution in [3.8, 4) is 0 Å². The maximum Gasteiger partial charge on any atom is 0.265 e. The normalized spacial score (nSPS) is 11.3. The lowest BCUT2D eigenvalue weighted by Gasteiger charge is -2.10. The number of benzene rings is 1. The molecule has 5 nitrogen and oxygen atoms in total. The van der Waals surface area contributed by atoms with E-state index >= 15 is 0 Å². The van der Waals surface area contributed by atoms with Crippen LogP contribution in [0.15, 0.2) is 41.4 Å². The Morgan fingerprint density at radius 2 is 2.05 bits per heavy atom. The lowest BCUT2D eigenvalue weighted by molar-refractivity contribution is 0.598. The highest BCUT2D eigenvalue weighted by Gasteiger charge is 2.19. The van der Waals surface area contributed by atoms with Gasteiger partial charge in [0.25, 0.3) is 10.0 Å². The molecule has 0 saturated carbocycles. The van der Waals surface area contributed by atoms with Gasteiger partial charge in [-0.1, -0.05) is 11.6 Å². The Bertz CT molecular complexity index is 722. The van der Waals surface area contributed by atoms with Crippen LogP contribution in [-0.4, -0.2) is 13.4 Å². The van der Waals surface area contributed by atoms with Gasteiger partial charge in [0.05, 0.1) is 5.69 Å². The van der Waals surface area contributed by atoms with Crippen molar-refractivity contribution >= 4 is 33.1 Å². The molecule has 2 aromatic rings. The van der Waals surface area contributed by atoms with Gasteiger partial charge in [-0.25, -0.2) is 17.8 Å². The van der Waals surface area contributed by atoms with E-state index in [1.54, 1.807) is 0 Å². The van der Waals surface area contributed by atoms with Gasteiger partial charge in [0.1, 0.15) is 16.5 Å². The summed E-state index contributed by atoms with van der Waals surface area (Å²) in [6.07, 6.45) is 1.36. The van der Waals surface area contributed by atoms with Crippen molar-refractivity contribution in [2.24, 2.45) is 0 Å². The second kappa shape index (κ2) is 5.02. The van der Waals surface area contributed by atoms with Gasteiger partial charge in [0.15, 0.2) is 0 Å². The van der Waals surface area contributed by atoms with Gasteiger partial charge in [-0.2, -0.15) is 0 Å². The quantitative estimate of drug-likeness (QED) is 0.910. The Balaban J connectivity index is 2.43. The molecule has 0 unspecified atom stereocenters. The van der Waals surface area contributed by atoms with E-state index in [1.807, 2.05) is 0 Å². The van der Waals surface area contributed by atoms with Gasteiger partial charge in [-0.05, 0) is 30.3 Å². The number of pyridine rings is 1. The minimum absolute atomic E-state index is 0.169. The fourth-order valence-electron chi connectivity index (χ4n) is 1.41. The van der Waals surface area contributed by atoms with Gasteiger partial charge in [0.2, 0.25) is 0 Å². The molecule has 0 saturated heterocycles. The molecule has 19 heavy (non-hydrogen) atoms. The standard InChI is InChI=1S/C11H9ClFN3O2S/c12-7-3-4-8(13)9(6-7)16-19(17,18)10-2-1-5-15-11(10)14/h1-6,16H,(H2,14,15). The summed E-state index contributed by atoms with van der Waals surface area (Å²) in [7, 11) is -4.02. The second-order valence-electron chi connectivity index (χ2n) is 3.62. The van der Waals surface area contributed by atoms with Crippen molar-refractivity contribution in [3.05, 3.63) is 47.4 Å². The van der Waals surface area contributed by atoms with Crippen LogP contribution < -0.4 is 10.5 Å². The number of sulfonamides is 1.